The Bertz CT molecular complexity index is 342. The molecule has 0 heterocycles. The first-order valence-corrected chi connectivity index (χ1v) is 15.1. The zero-order chi connectivity index (χ0) is 21.8. The van der Waals surface area contributed by atoms with E-state index in [2.05, 4.69) is 40.8 Å². The molecule has 0 aliphatic carbocycles. The molecule has 0 unspecified atom stereocenters. The van der Waals surface area contributed by atoms with E-state index in [9.17, 15) is 0 Å². The van der Waals surface area contributed by atoms with Gasteiger partial charge in [-0.05, 0) is 24.6 Å². The molecule has 0 amide bonds. The molecule has 0 spiro atoms. The van der Waals surface area contributed by atoms with E-state index in [4.69, 9.17) is 18.6 Å². The lowest BCUT2D eigenvalue weighted by atomic mass is 10.1. The van der Waals surface area contributed by atoms with Gasteiger partial charge in [-0.3, -0.25) is 0 Å². The highest BCUT2D eigenvalue weighted by molar-refractivity contribution is 6.74. The highest BCUT2D eigenvalue weighted by atomic mass is 28.4. The minimum atomic E-state index is -1.65. The topological polar surface area (TPSA) is 36.9 Å². The van der Waals surface area contributed by atoms with E-state index in [0.717, 1.165) is 6.61 Å². The van der Waals surface area contributed by atoms with Crippen LogP contribution in [-0.4, -0.2) is 54.6 Å². The molecule has 0 aliphatic heterocycles. The minimum Gasteiger partial charge on any atom is -0.414 e. The largest absolute Gasteiger partial charge is 0.414 e. The highest BCUT2D eigenvalue weighted by Crippen LogP contribution is 2.36. The Balaban J connectivity index is 3.17. The summed E-state index contributed by atoms with van der Waals surface area (Å²) in [6.45, 7) is 18.4. The zero-order valence-electron chi connectivity index (χ0n) is 20.7. The van der Waals surface area contributed by atoms with E-state index < -0.39 is 8.32 Å². The summed E-state index contributed by atoms with van der Waals surface area (Å²) < 4.78 is 22.9. The van der Waals surface area contributed by atoms with Gasteiger partial charge in [0.1, 0.15) is 0 Å². The van der Waals surface area contributed by atoms with Gasteiger partial charge >= 0.3 is 0 Å². The fourth-order valence-corrected chi connectivity index (χ4v) is 3.83. The van der Waals surface area contributed by atoms with E-state index in [1.807, 2.05) is 0 Å². The van der Waals surface area contributed by atoms with Gasteiger partial charge in [0.15, 0.2) is 8.32 Å². The molecule has 176 valence electrons. The van der Waals surface area contributed by atoms with Crippen LogP contribution in [0.4, 0.5) is 0 Å². The Kier molecular flexibility index (Phi) is 18.8. The normalized spacial score (nSPS) is 12.6. The van der Waals surface area contributed by atoms with Crippen molar-refractivity contribution in [2.45, 2.75) is 110 Å². The molecule has 29 heavy (non-hydrogen) atoms. The van der Waals surface area contributed by atoms with Crippen molar-refractivity contribution in [3.05, 3.63) is 0 Å². The van der Waals surface area contributed by atoms with E-state index in [0.29, 0.717) is 39.6 Å². The maximum atomic E-state index is 6.08. The third kappa shape index (κ3) is 18.5. The second-order valence-electron chi connectivity index (χ2n) is 9.63. The molecule has 0 atom stereocenters. The molecular formula is C24H52O4Si. The summed E-state index contributed by atoms with van der Waals surface area (Å²) >= 11 is 0. The first kappa shape index (κ1) is 29.1. The molecule has 0 aromatic heterocycles. The van der Waals surface area contributed by atoms with Gasteiger partial charge in [0.2, 0.25) is 0 Å². The minimum absolute atomic E-state index is 0.254. The molecule has 5 heteroatoms. The van der Waals surface area contributed by atoms with Gasteiger partial charge in [-0.2, -0.15) is 0 Å². The summed E-state index contributed by atoms with van der Waals surface area (Å²) in [6, 6.07) is 0. The molecule has 0 radical (unpaired) electrons. The molecule has 0 saturated carbocycles. The van der Waals surface area contributed by atoms with Crippen LogP contribution in [0.2, 0.25) is 18.1 Å². The summed E-state index contributed by atoms with van der Waals surface area (Å²) in [5.74, 6) is 0. The van der Waals surface area contributed by atoms with Crippen molar-refractivity contribution in [2.75, 3.05) is 46.2 Å². The van der Waals surface area contributed by atoms with E-state index >= 15 is 0 Å². The maximum Gasteiger partial charge on any atom is 0.192 e. The molecular weight excluding hydrogens is 380 g/mol. The molecule has 0 saturated heterocycles. The summed E-state index contributed by atoms with van der Waals surface area (Å²) in [5.41, 5.74) is 0. The Labute approximate surface area is 183 Å². The van der Waals surface area contributed by atoms with Crippen LogP contribution in [0.1, 0.15) is 91.9 Å². The first-order valence-electron chi connectivity index (χ1n) is 12.2. The fraction of sp³-hybridized carbons (Fsp3) is 1.00. The number of ether oxygens (including phenoxy) is 3. The molecule has 0 aromatic carbocycles. The summed E-state index contributed by atoms with van der Waals surface area (Å²) in [5, 5.41) is 0.254. The standard InChI is InChI=1S/C24H52O4Si/c1-7-8-9-10-11-12-13-14-15-16-17-25-18-19-26-20-21-27-22-23-28-29(5,6)24(2,3)4/h7-23H2,1-6H3. The average Bonchev–Trinajstić information content (AvgIpc) is 2.65. The van der Waals surface area contributed by atoms with Gasteiger partial charge in [-0.1, -0.05) is 85.5 Å². The summed E-state index contributed by atoms with van der Waals surface area (Å²) in [4.78, 5) is 0. The van der Waals surface area contributed by atoms with E-state index in [-0.39, 0.29) is 5.04 Å². The van der Waals surface area contributed by atoms with Gasteiger partial charge in [0.25, 0.3) is 0 Å². The van der Waals surface area contributed by atoms with Crippen LogP contribution < -0.4 is 0 Å². The fourth-order valence-electron chi connectivity index (χ4n) is 2.81. The number of unbranched alkanes of at least 4 members (excludes halogenated alkanes) is 9. The molecule has 4 nitrogen and oxygen atoms in total. The van der Waals surface area contributed by atoms with Gasteiger partial charge in [0.05, 0.1) is 39.6 Å². The van der Waals surface area contributed by atoms with Crippen molar-refractivity contribution in [3.8, 4) is 0 Å². The third-order valence-electron chi connectivity index (χ3n) is 5.88. The van der Waals surface area contributed by atoms with Crippen LogP contribution in [0, 0.1) is 0 Å². The van der Waals surface area contributed by atoms with Crippen LogP contribution >= 0.6 is 0 Å². The zero-order valence-corrected chi connectivity index (χ0v) is 21.7. The van der Waals surface area contributed by atoms with Crippen molar-refractivity contribution in [3.63, 3.8) is 0 Å². The first-order chi connectivity index (χ1) is 13.8. The highest BCUT2D eigenvalue weighted by Gasteiger charge is 2.36. The van der Waals surface area contributed by atoms with Crippen LogP contribution in [0.25, 0.3) is 0 Å². The summed E-state index contributed by atoms with van der Waals surface area (Å²) in [7, 11) is -1.65. The van der Waals surface area contributed by atoms with Gasteiger partial charge in [-0.25, -0.2) is 0 Å². The van der Waals surface area contributed by atoms with Gasteiger partial charge in [-0.15, -0.1) is 0 Å². The molecule has 0 N–H and O–H groups in total. The Morgan fingerprint density at radius 1 is 0.517 bits per heavy atom. The predicted octanol–water partition coefficient (Wildman–Crippen LogP) is 6.98. The Morgan fingerprint density at radius 3 is 1.34 bits per heavy atom. The van der Waals surface area contributed by atoms with E-state index in [1.54, 1.807) is 0 Å². The monoisotopic (exact) mass is 432 g/mol. The quantitative estimate of drug-likeness (QED) is 0.145. The van der Waals surface area contributed by atoms with Crippen LogP contribution in [0.3, 0.4) is 0 Å². The second kappa shape index (κ2) is 18.8. The Hall–Kier alpha value is 0.0569. The molecule has 0 rings (SSSR count). The Morgan fingerprint density at radius 2 is 0.897 bits per heavy atom. The number of hydrogen-bond acceptors (Lipinski definition) is 4. The SMILES string of the molecule is CCCCCCCCCCCCOCCOCCOCCO[Si](C)(C)C(C)(C)C. The van der Waals surface area contributed by atoms with Gasteiger partial charge < -0.3 is 18.6 Å². The molecule has 0 bridgehead atoms. The second-order valence-corrected chi connectivity index (χ2v) is 14.4. The smallest absolute Gasteiger partial charge is 0.192 e. The lowest BCUT2D eigenvalue weighted by molar-refractivity contribution is 0.00800. The van der Waals surface area contributed by atoms with Gasteiger partial charge in [0, 0.05) is 6.61 Å². The average molecular weight is 433 g/mol. The van der Waals surface area contributed by atoms with Crippen LogP contribution in [-0.2, 0) is 18.6 Å². The van der Waals surface area contributed by atoms with Crippen molar-refractivity contribution in [2.24, 2.45) is 0 Å². The lowest BCUT2D eigenvalue weighted by Gasteiger charge is -2.36. The van der Waals surface area contributed by atoms with Crippen molar-refractivity contribution >= 4 is 8.32 Å². The molecule has 0 aliphatic rings. The van der Waals surface area contributed by atoms with Crippen molar-refractivity contribution < 1.29 is 18.6 Å². The lowest BCUT2D eigenvalue weighted by Crippen LogP contribution is -2.41. The van der Waals surface area contributed by atoms with E-state index in [1.165, 1.54) is 64.2 Å². The maximum absolute atomic E-state index is 6.08. The summed E-state index contributed by atoms with van der Waals surface area (Å²) in [6.07, 6.45) is 13.6. The van der Waals surface area contributed by atoms with Crippen LogP contribution in [0.15, 0.2) is 0 Å². The van der Waals surface area contributed by atoms with Crippen molar-refractivity contribution in [1.29, 1.82) is 0 Å². The van der Waals surface area contributed by atoms with Crippen molar-refractivity contribution in [1.82, 2.24) is 0 Å². The molecule has 0 aromatic rings. The number of hydrogen-bond donors (Lipinski definition) is 0. The predicted molar refractivity (Wildman–Crippen MR) is 127 cm³/mol. The number of rotatable bonds is 21. The molecule has 0 fully saturated rings. The van der Waals surface area contributed by atoms with Crippen LogP contribution in [0.5, 0.6) is 0 Å². The third-order valence-corrected chi connectivity index (χ3v) is 10.4.